The smallest absolute Gasteiger partial charge is 0.253 e. The Balaban J connectivity index is 1.59. The normalized spacial score (nSPS) is 24.0. The van der Waals surface area contributed by atoms with Crippen LogP contribution < -0.4 is 5.32 Å². The van der Waals surface area contributed by atoms with Crippen LogP contribution >= 0.6 is 11.3 Å². The summed E-state index contributed by atoms with van der Waals surface area (Å²) in [4.78, 5) is 42.3. The molecule has 2 aromatic rings. The fraction of sp³-hybridized carbons (Fsp3) is 0.375. The van der Waals surface area contributed by atoms with Crippen molar-refractivity contribution in [3.8, 4) is 0 Å². The van der Waals surface area contributed by atoms with E-state index in [9.17, 15) is 14.4 Å². The van der Waals surface area contributed by atoms with Crippen molar-refractivity contribution >= 4 is 39.3 Å². The maximum absolute atomic E-state index is 12.7. The van der Waals surface area contributed by atoms with Gasteiger partial charge in [-0.2, -0.15) is 0 Å². The van der Waals surface area contributed by atoms with Gasteiger partial charge in [0.15, 0.2) is 0 Å². The predicted octanol–water partition coefficient (Wildman–Crippen LogP) is 1.48. The van der Waals surface area contributed by atoms with Crippen LogP contribution in [0.1, 0.15) is 28.2 Å². The van der Waals surface area contributed by atoms with E-state index >= 15 is 0 Å². The second kappa shape index (κ2) is 4.86. The second-order valence-electron chi connectivity index (χ2n) is 6.23. The summed E-state index contributed by atoms with van der Waals surface area (Å²) in [6, 6.07) is 5.50. The first-order chi connectivity index (χ1) is 11.0. The Morgan fingerprint density at radius 2 is 2.22 bits per heavy atom. The zero-order valence-corrected chi connectivity index (χ0v) is 13.4. The Morgan fingerprint density at radius 1 is 1.39 bits per heavy atom. The molecule has 2 fully saturated rings. The highest BCUT2D eigenvalue weighted by atomic mass is 32.1. The van der Waals surface area contributed by atoms with Crippen molar-refractivity contribution < 1.29 is 14.4 Å². The standard InChI is InChI=1S/C16H15N3O3S/c1-9-17-11-6-10(2-3-12(11)23-9)14(21)19-5-4-16(8-19)7-13(20)18-15(16)22/h2-3,6H,4-5,7-8H2,1H3,(H,18,20,22)/t16-/m0/s1. The summed E-state index contributed by atoms with van der Waals surface area (Å²) >= 11 is 1.59. The maximum atomic E-state index is 12.7. The number of carbonyl (C=O) groups excluding carboxylic acids is 3. The number of likely N-dealkylation sites (tertiary alicyclic amines) is 1. The molecule has 1 N–H and O–H groups in total. The van der Waals surface area contributed by atoms with Crippen molar-refractivity contribution in [2.24, 2.45) is 5.41 Å². The van der Waals surface area contributed by atoms with Crippen LogP contribution in [0.4, 0.5) is 0 Å². The number of amides is 3. The van der Waals surface area contributed by atoms with E-state index < -0.39 is 5.41 Å². The molecule has 0 unspecified atom stereocenters. The SMILES string of the molecule is Cc1nc2cc(C(=O)N3CC[C@]4(CC(=O)NC4=O)C3)ccc2s1. The van der Waals surface area contributed by atoms with Crippen LogP contribution in [-0.4, -0.2) is 40.7 Å². The van der Waals surface area contributed by atoms with Gasteiger partial charge < -0.3 is 4.90 Å². The van der Waals surface area contributed by atoms with Gasteiger partial charge in [-0.3, -0.25) is 19.7 Å². The average Bonchev–Trinajstić information content (AvgIpc) is 3.15. The lowest BCUT2D eigenvalue weighted by Gasteiger charge is -2.20. The van der Waals surface area contributed by atoms with E-state index in [2.05, 4.69) is 10.3 Å². The summed E-state index contributed by atoms with van der Waals surface area (Å²) < 4.78 is 1.05. The van der Waals surface area contributed by atoms with Gasteiger partial charge in [0, 0.05) is 25.1 Å². The molecule has 118 valence electrons. The highest BCUT2D eigenvalue weighted by molar-refractivity contribution is 7.18. The van der Waals surface area contributed by atoms with Crippen LogP contribution in [-0.2, 0) is 9.59 Å². The summed E-state index contributed by atoms with van der Waals surface area (Å²) in [7, 11) is 0. The van der Waals surface area contributed by atoms with Crippen LogP contribution in [0.2, 0.25) is 0 Å². The van der Waals surface area contributed by atoms with Crippen LogP contribution in [0, 0.1) is 12.3 Å². The van der Waals surface area contributed by atoms with E-state index in [1.54, 1.807) is 28.4 Å². The first-order valence-electron chi connectivity index (χ1n) is 7.48. The Kier molecular flexibility index (Phi) is 3.02. The highest BCUT2D eigenvalue weighted by Gasteiger charge is 2.51. The van der Waals surface area contributed by atoms with Gasteiger partial charge >= 0.3 is 0 Å². The number of fused-ring (bicyclic) bond motifs is 1. The van der Waals surface area contributed by atoms with Gasteiger partial charge in [0.05, 0.1) is 20.6 Å². The monoisotopic (exact) mass is 329 g/mol. The summed E-state index contributed by atoms with van der Waals surface area (Å²) in [5.41, 5.74) is 0.666. The number of carbonyl (C=O) groups is 3. The number of nitrogens with one attached hydrogen (secondary N) is 1. The number of rotatable bonds is 1. The molecule has 2 saturated heterocycles. The lowest BCUT2D eigenvalue weighted by molar-refractivity contribution is -0.128. The first-order valence-corrected chi connectivity index (χ1v) is 8.29. The predicted molar refractivity (Wildman–Crippen MR) is 85.1 cm³/mol. The molecular weight excluding hydrogens is 314 g/mol. The third kappa shape index (κ3) is 2.23. The van der Waals surface area contributed by atoms with Crippen LogP contribution in [0.5, 0.6) is 0 Å². The number of aromatic nitrogens is 1. The van der Waals surface area contributed by atoms with E-state index in [1.165, 1.54) is 0 Å². The van der Waals surface area contributed by atoms with E-state index in [-0.39, 0.29) is 24.1 Å². The van der Waals surface area contributed by atoms with Crippen molar-refractivity contribution in [3.05, 3.63) is 28.8 Å². The van der Waals surface area contributed by atoms with Gasteiger partial charge in [0.25, 0.3) is 5.91 Å². The number of aryl methyl sites for hydroxylation is 1. The molecule has 1 spiro atoms. The Bertz CT molecular complexity index is 859. The molecule has 0 radical (unpaired) electrons. The van der Waals surface area contributed by atoms with Gasteiger partial charge in [-0.25, -0.2) is 4.98 Å². The first kappa shape index (κ1) is 14.3. The van der Waals surface area contributed by atoms with Crippen LogP contribution in [0.3, 0.4) is 0 Å². The minimum absolute atomic E-state index is 0.110. The Labute approximate surface area is 136 Å². The quantitative estimate of drug-likeness (QED) is 0.804. The third-order valence-corrected chi connectivity index (χ3v) is 5.57. The molecular formula is C16H15N3O3S. The van der Waals surface area contributed by atoms with Gasteiger partial charge in [-0.1, -0.05) is 0 Å². The van der Waals surface area contributed by atoms with Crippen LogP contribution in [0.25, 0.3) is 10.2 Å². The van der Waals surface area contributed by atoms with E-state index in [0.717, 1.165) is 15.2 Å². The average molecular weight is 329 g/mol. The molecule has 0 saturated carbocycles. The van der Waals surface area contributed by atoms with Gasteiger partial charge in [0.1, 0.15) is 0 Å². The minimum Gasteiger partial charge on any atom is -0.338 e. The van der Waals surface area contributed by atoms with Crippen molar-refractivity contribution in [2.75, 3.05) is 13.1 Å². The van der Waals surface area contributed by atoms with Crippen molar-refractivity contribution in [2.45, 2.75) is 19.8 Å². The number of nitrogens with zero attached hydrogens (tertiary/aromatic N) is 2. The number of benzene rings is 1. The van der Waals surface area contributed by atoms with Crippen molar-refractivity contribution in [1.82, 2.24) is 15.2 Å². The fourth-order valence-corrected chi connectivity index (χ4v) is 4.23. The number of hydrogen-bond donors (Lipinski definition) is 1. The molecule has 2 aliphatic heterocycles. The highest BCUT2D eigenvalue weighted by Crippen LogP contribution is 2.38. The molecule has 0 aliphatic carbocycles. The molecule has 6 nitrogen and oxygen atoms in total. The molecule has 1 aromatic heterocycles. The van der Waals surface area contributed by atoms with Gasteiger partial charge in [0.2, 0.25) is 11.8 Å². The molecule has 1 atom stereocenters. The second-order valence-corrected chi connectivity index (χ2v) is 7.46. The largest absolute Gasteiger partial charge is 0.338 e. The molecule has 3 amide bonds. The molecule has 0 bridgehead atoms. The van der Waals surface area contributed by atoms with E-state index in [1.807, 2.05) is 13.0 Å². The molecule has 23 heavy (non-hydrogen) atoms. The van der Waals surface area contributed by atoms with Gasteiger partial charge in [-0.05, 0) is 31.5 Å². The van der Waals surface area contributed by atoms with Crippen molar-refractivity contribution in [3.63, 3.8) is 0 Å². The lowest BCUT2D eigenvalue weighted by Crippen LogP contribution is -2.36. The number of thiazole rings is 1. The topological polar surface area (TPSA) is 79.4 Å². The number of hydrogen-bond acceptors (Lipinski definition) is 5. The summed E-state index contributed by atoms with van der Waals surface area (Å²) in [5, 5.41) is 3.32. The zero-order valence-electron chi connectivity index (χ0n) is 12.6. The molecule has 3 heterocycles. The summed E-state index contributed by atoms with van der Waals surface area (Å²) in [6.45, 7) is 2.73. The minimum atomic E-state index is -0.728. The fourth-order valence-electron chi connectivity index (χ4n) is 3.42. The van der Waals surface area contributed by atoms with E-state index in [4.69, 9.17) is 0 Å². The third-order valence-electron chi connectivity index (χ3n) is 4.62. The summed E-state index contributed by atoms with van der Waals surface area (Å²) in [6.07, 6.45) is 0.717. The van der Waals surface area contributed by atoms with Crippen molar-refractivity contribution in [1.29, 1.82) is 0 Å². The van der Waals surface area contributed by atoms with Crippen LogP contribution in [0.15, 0.2) is 18.2 Å². The zero-order chi connectivity index (χ0) is 16.2. The van der Waals surface area contributed by atoms with E-state index in [0.29, 0.717) is 25.1 Å². The summed E-state index contributed by atoms with van der Waals surface area (Å²) in [5.74, 6) is -0.603. The Morgan fingerprint density at radius 3 is 2.96 bits per heavy atom. The Hall–Kier alpha value is -2.28. The molecule has 4 rings (SSSR count). The maximum Gasteiger partial charge on any atom is 0.253 e. The van der Waals surface area contributed by atoms with Gasteiger partial charge in [-0.15, -0.1) is 11.3 Å². The lowest BCUT2D eigenvalue weighted by atomic mass is 9.85. The molecule has 7 heteroatoms. The molecule has 1 aromatic carbocycles. The number of imide groups is 1. The molecule has 2 aliphatic rings.